The molecule has 0 aliphatic heterocycles. The summed E-state index contributed by atoms with van der Waals surface area (Å²) in [6.07, 6.45) is 1.55. The van der Waals surface area contributed by atoms with Gasteiger partial charge in [0, 0.05) is 18.4 Å². The van der Waals surface area contributed by atoms with Crippen molar-refractivity contribution in [2.45, 2.75) is 61.9 Å². The number of hydrogen-bond acceptors (Lipinski definition) is 4. The maximum atomic E-state index is 12.6. The molecule has 0 saturated carbocycles. The molecule has 0 aliphatic rings. The first-order valence-electron chi connectivity index (χ1n) is 9.02. The fraction of sp³-hybridized carbons (Fsp3) is 0.500. The van der Waals surface area contributed by atoms with Crippen LogP contribution in [-0.4, -0.2) is 17.1 Å². The highest BCUT2D eigenvalue weighted by molar-refractivity contribution is 5.99. The second-order valence-corrected chi connectivity index (χ2v) is 5.00. The van der Waals surface area contributed by atoms with Crippen molar-refractivity contribution in [3.8, 4) is 0 Å². The first kappa shape index (κ1) is 22.7. The molecule has 0 bridgehead atoms. The number of fused-ring (bicyclic) bond motifs is 1. The molecule has 5 nitrogen and oxygen atoms in total. The molecule has 140 valence electrons. The first-order chi connectivity index (χ1) is 11.9. The minimum absolute atomic E-state index is 0.0288. The van der Waals surface area contributed by atoms with Crippen LogP contribution in [0.5, 0.6) is 0 Å². The zero-order valence-corrected chi connectivity index (χ0v) is 16.8. The number of benzene rings is 1. The highest BCUT2D eigenvalue weighted by Crippen LogP contribution is 2.25. The van der Waals surface area contributed by atoms with Crippen molar-refractivity contribution >= 4 is 22.6 Å². The van der Waals surface area contributed by atoms with Crippen molar-refractivity contribution < 1.29 is 9.53 Å². The number of aryl methyl sites for hydroxylation is 2. The number of ether oxygens (including phenoxy) is 1. The normalized spacial score (nSPS) is 9.60. The molecule has 25 heavy (non-hydrogen) atoms. The summed E-state index contributed by atoms with van der Waals surface area (Å²) in [4.78, 5) is 24.6. The van der Waals surface area contributed by atoms with Gasteiger partial charge in [-0.05, 0) is 44.9 Å². The van der Waals surface area contributed by atoms with E-state index in [0.29, 0.717) is 17.6 Å². The summed E-state index contributed by atoms with van der Waals surface area (Å²) in [5.74, 6) is -0.607. The molecule has 2 N–H and O–H groups in total. The van der Waals surface area contributed by atoms with Gasteiger partial charge < -0.3 is 15.0 Å². The Labute approximate surface area is 150 Å². The molecule has 1 heterocycles. The lowest BCUT2D eigenvalue weighted by Crippen LogP contribution is -2.22. The van der Waals surface area contributed by atoms with Crippen molar-refractivity contribution in [2.75, 3.05) is 12.3 Å². The predicted molar refractivity (Wildman–Crippen MR) is 106 cm³/mol. The van der Waals surface area contributed by atoms with Crippen LogP contribution >= 0.6 is 0 Å². The van der Waals surface area contributed by atoms with Crippen LogP contribution in [0.1, 0.15) is 63.0 Å². The monoisotopic (exact) mass is 348 g/mol. The topological polar surface area (TPSA) is 74.3 Å². The second kappa shape index (κ2) is 10.5. The largest absolute Gasteiger partial charge is 0.462 e. The molecule has 2 aromatic rings. The van der Waals surface area contributed by atoms with E-state index in [0.717, 1.165) is 16.6 Å². The Kier molecular flexibility index (Phi) is 9.57. The van der Waals surface area contributed by atoms with Crippen LogP contribution in [0.3, 0.4) is 0 Å². The lowest BCUT2D eigenvalue weighted by atomic mass is 10.0. The van der Waals surface area contributed by atoms with E-state index in [2.05, 4.69) is 0 Å². The number of carbonyl (C=O) groups excluding carboxylic acids is 1. The molecule has 1 aromatic heterocycles. The van der Waals surface area contributed by atoms with Crippen LogP contribution in [-0.2, 0) is 11.3 Å². The van der Waals surface area contributed by atoms with Crippen molar-refractivity contribution in [3.63, 3.8) is 0 Å². The van der Waals surface area contributed by atoms with Crippen LogP contribution in [0.2, 0.25) is 0 Å². The summed E-state index contributed by atoms with van der Waals surface area (Å²) in [7, 11) is 0. The molecule has 0 unspecified atom stereocenters. The number of anilines is 1. The first-order valence-corrected chi connectivity index (χ1v) is 9.02. The zero-order valence-electron chi connectivity index (χ0n) is 16.8. The maximum Gasteiger partial charge on any atom is 0.343 e. The van der Waals surface area contributed by atoms with Gasteiger partial charge in [0.2, 0.25) is 5.43 Å². The minimum Gasteiger partial charge on any atom is -0.462 e. The number of nitrogens with two attached hydrogens (primary N) is 1. The summed E-state index contributed by atoms with van der Waals surface area (Å²) in [5, 5.41) is 0.394. The number of rotatable bonds is 3. The fourth-order valence-electron chi connectivity index (χ4n) is 2.42. The van der Waals surface area contributed by atoms with Crippen molar-refractivity contribution in [1.82, 2.24) is 4.57 Å². The number of nitrogen functional groups attached to an aromatic ring is 1. The highest BCUT2D eigenvalue weighted by atomic mass is 16.5. The molecule has 2 rings (SSSR count). The Morgan fingerprint density at radius 2 is 1.72 bits per heavy atom. The number of pyridine rings is 1. The van der Waals surface area contributed by atoms with Gasteiger partial charge in [-0.15, -0.1) is 0 Å². The van der Waals surface area contributed by atoms with E-state index in [1.165, 1.54) is 0 Å². The molecule has 0 amide bonds. The van der Waals surface area contributed by atoms with Crippen molar-refractivity contribution in [1.29, 1.82) is 0 Å². The molecule has 0 saturated heterocycles. The van der Waals surface area contributed by atoms with Crippen LogP contribution in [0.15, 0.2) is 17.1 Å². The lowest BCUT2D eigenvalue weighted by Gasteiger charge is -2.15. The Bertz CT molecular complexity index is 777. The second-order valence-electron chi connectivity index (χ2n) is 5.00. The highest BCUT2D eigenvalue weighted by Gasteiger charge is 2.19. The van der Waals surface area contributed by atoms with E-state index < -0.39 is 5.97 Å². The lowest BCUT2D eigenvalue weighted by molar-refractivity contribution is 0.0524. The molecule has 1 aromatic carbocycles. The number of carbonyl (C=O) groups is 1. The summed E-state index contributed by atoms with van der Waals surface area (Å²) in [6, 6.07) is 1.93. The van der Waals surface area contributed by atoms with Gasteiger partial charge in [-0.25, -0.2) is 4.79 Å². The van der Waals surface area contributed by atoms with Gasteiger partial charge in [-0.2, -0.15) is 0 Å². The van der Waals surface area contributed by atoms with Gasteiger partial charge in [0.15, 0.2) is 0 Å². The molecule has 0 spiro atoms. The van der Waals surface area contributed by atoms with Crippen molar-refractivity contribution in [2.24, 2.45) is 0 Å². The van der Waals surface area contributed by atoms with E-state index in [1.807, 2.05) is 59.1 Å². The van der Waals surface area contributed by atoms with Gasteiger partial charge in [0.25, 0.3) is 0 Å². The maximum absolute atomic E-state index is 12.6. The third kappa shape index (κ3) is 4.62. The SMILES string of the molecule is CC.CC.CCOC(=O)c1cn(CC)c2cc(C)c(C)c(N)c2c1=O. The third-order valence-corrected chi connectivity index (χ3v) is 3.78. The smallest absolute Gasteiger partial charge is 0.343 e. The molecule has 0 atom stereocenters. The van der Waals surface area contributed by atoms with Gasteiger partial charge in [0.1, 0.15) is 5.56 Å². The number of nitrogens with zero attached hydrogens (tertiary/aromatic N) is 1. The standard InChI is InChI=1S/C16H20N2O3.2C2H6/c1-5-18-8-11(16(20)21-6-2)15(19)13-12(18)7-9(3)10(4)14(13)17;2*1-2/h7-8H,5-6,17H2,1-4H3;2*1-2H3. The molecule has 0 fully saturated rings. The number of esters is 1. The van der Waals surface area contributed by atoms with Crippen LogP contribution in [0, 0.1) is 13.8 Å². The van der Waals surface area contributed by atoms with Gasteiger partial charge in [-0.3, -0.25) is 4.79 Å². The Morgan fingerprint density at radius 3 is 2.20 bits per heavy atom. The van der Waals surface area contributed by atoms with Crippen molar-refractivity contribution in [3.05, 3.63) is 39.2 Å². The molecule has 5 heteroatoms. The van der Waals surface area contributed by atoms with E-state index in [9.17, 15) is 9.59 Å². The average Bonchev–Trinajstić information content (AvgIpc) is 2.63. The Hall–Kier alpha value is -2.30. The molecule has 0 aliphatic carbocycles. The Morgan fingerprint density at radius 1 is 1.16 bits per heavy atom. The van der Waals surface area contributed by atoms with Crippen LogP contribution < -0.4 is 11.2 Å². The number of hydrogen-bond donors (Lipinski definition) is 1. The summed E-state index contributed by atoms with van der Waals surface area (Å²) in [6.45, 7) is 16.3. The summed E-state index contributed by atoms with van der Waals surface area (Å²) in [5.41, 5.74) is 8.85. The molecule has 0 radical (unpaired) electrons. The van der Waals surface area contributed by atoms with E-state index in [1.54, 1.807) is 13.1 Å². The van der Waals surface area contributed by atoms with Gasteiger partial charge in [0.05, 0.1) is 17.5 Å². The van der Waals surface area contributed by atoms with E-state index in [4.69, 9.17) is 10.5 Å². The minimum atomic E-state index is -0.607. The molecular formula is C20H32N2O3. The van der Waals surface area contributed by atoms with Crippen LogP contribution in [0.4, 0.5) is 5.69 Å². The predicted octanol–water partition coefficient (Wildman–Crippen LogP) is 4.45. The fourth-order valence-corrected chi connectivity index (χ4v) is 2.42. The number of aromatic nitrogens is 1. The van der Waals surface area contributed by atoms with Gasteiger partial charge >= 0.3 is 5.97 Å². The average molecular weight is 348 g/mol. The van der Waals surface area contributed by atoms with E-state index in [-0.39, 0.29) is 17.6 Å². The third-order valence-electron chi connectivity index (χ3n) is 3.78. The molecular weight excluding hydrogens is 316 g/mol. The van der Waals surface area contributed by atoms with E-state index >= 15 is 0 Å². The summed E-state index contributed by atoms with van der Waals surface area (Å²) >= 11 is 0. The van der Waals surface area contributed by atoms with Gasteiger partial charge in [-0.1, -0.05) is 27.7 Å². The quantitative estimate of drug-likeness (QED) is 0.657. The van der Waals surface area contributed by atoms with Crippen LogP contribution in [0.25, 0.3) is 10.9 Å². The summed E-state index contributed by atoms with van der Waals surface area (Å²) < 4.78 is 6.81. The Balaban J connectivity index is 0.00000134. The zero-order chi connectivity index (χ0) is 19.7.